The number of carbonyl (C=O) groups excluding carboxylic acids is 1. The third-order valence-corrected chi connectivity index (χ3v) is 4.70. The third-order valence-electron chi connectivity index (χ3n) is 4.43. The van der Waals surface area contributed by atoms with Crippen LogP contribution in [0.25, 0.3) is 16.9 Å². The van der Waals surface area contributed by atoms with Crippen LogP contribution in [0.2, 0.25) is 5.02 Å². The summed E-state index contributed by atoms with van der Waals surface area (Å²) in [5.74, 6) is -0.275. The Labute approximate surface area is 168 Å². The third kappa shape index (κ3) is 3.71. The van der Waals surface area contributed by atoms with Crippen molar-refractivity contribution in [2.75, 3.05) is 5.32 Å². The second kappa shape index (κ2) is 6.97. The van der Waals surface area contributed by atoms with E-state index >= 15 is 0 Å². The van der Waals surface area contributed by atoms with Crippen LogP contribution in [0.15, 0.2) is 61.1 Å². The SMILES string of the molecule is Cn1cccc1C(=O)Nc1cccc(-c2cn3cc(C(F)(F)F)cc(Cl)c3n2)c1. The van der Waals surface area contributed by atoms with Crippen molar-refractivity contribution in [3.8, 4) is 11.3 Å². The molecule has 0 aliphatic heterocycles. The summed E-state index contributed by atoms with van der Waals surface area (Å²) in [6.07, 6.45) is -0.336. The lowest BCUT2D eigenvalue weighted by molar-refractivity contribution is -0.137. The minimum atomic E-state index is -4.51. The van der Waals surface area contributed by atoms with Gasteiger partial charge < -0.3 is 14.3 Å². The van der Waals surface area contributed by atoms with Gasteiger partial charge in [-0.05, 0) is 30.3 Å². The number of amides is 1. The largest absolute Gasteiger partial charge is 0.417 e. The van der Waals surface area contributed by atoms with Crippen molar-refractivity contribution in [2.24, 2.45) is 7.05 Å². The van der Waals surface area contributed by atoms with E-state index in [-0.39, 0.29) is 16.6 Å². The number of alkyl halides is 3. The molecule has 4 aromatic rings. The molecule has 9 heteroatoms. The highest BCUT2D eigenvalue weighted by Crippen LogP contribution is 2.33. The maximum atomic E-state index is 13.0. The molecule has 1 aromatic carbocycles. The van der Waals surface area contributed by atoms with Crippen molar-refractivity contribution in [2.45, 2.75) is 6.18 Å². The summed E-state index contributed by atoms with van der Waals surface area (Å²) >= 11 is 6.00. The number of nitrogens with zero attached hydrogens (tertiary/aromatic N) is 3. The highest BCUT2D eigenvalue weighted by molar-refractivity contribution is 6.33. The number of halogens is 4. The predicted octanol–water partition coefficient (Wildman–Crippen LogP) is 5.26. The van der Waals surface area contributed by atoms with E-state index in [1.165, 1.54) is 10.6 Å². The molecule has 0 atom stereocenters. The van der Waals surface area contributed by atoms with Gasteiger partial charge in [-0.15, -0.1) is 0 Å². The molecule has 0 aliphatic rings. The first-order valence-corrected chi connectivity index (χ1v) is 8.89. The van der Waals surface area contributed by atoms with Gasteiger partial charge >= 0.3 is 6.18 Å². The molecule has 148 valence electrons. The molecule has 3 heterocycles. The van der Waals surface area contributed by atoms with E-state index in [0.29, 0.717) is 22.6 Å². The molecule has 0 saturated heterocycles. The van der Waals surface area contributed by atoms with Crippen LogP contribution in [-0.4, -0.2) is 19.9 Å². The normalized spacial score (nSPS) is 11.8. The van der Waals surface area contributed by atoms with Crippen LogP contribution in [0.5, 0.6) is 0 Å². The van der Waals surface area contributed by atoms with Gasteiger partial charge in [0, 0.05) is 36.9 Å². The lowest BCUT2D eigenvalue weighted by Crippen LogP contribution is -2.15. The fraction of sp³-hybridized carbons (Fsp3) is 0.100. The van der Waals surface area contributed by atoms with Crippen molar-refractivity contribution in [3.05, 3.63) is 77.3 Å². The summed E-state index contributed by atoms with van der Waals surface area (Å²) in [5.41, 5.74) is 1.45. The summed E-state index contributed by atoms with van der Waals surface area (Å²) in [5, 5.41) is 2.70. The fourth-order valence-electron chi connectivity index (χ4n) is 3.00. The van der Waals surface area contributed by atoms with Crippen LogP contribution in [0.1, 0.15) is 16.1 Å². The van der Waals surface area contributed by atoms with E-state index < -0.39 is 11.7 Å². The molecule has 1 N–H and O–H groups in total. The lowest BCUT2D eigenvalue weighted by Gasteiger charge is -2.07. The van der Waals surface area contributed by atoms with Crippen LogP contribution in [-0.2, 0) is 13.2 Å². The highest BCUT2D eigenvalue weighted by Gasteiger charge is 2.32. The topological polar surface area (TPSA) is 51.3 Å². The minimum absolute atomic E-state index is 0.0979. The zero-order chi connectivity index (χ0) is 20.8. The van der Waals surface area contributed by atoms with E-state index in [9.17, 15) is 18.0 Å². The smallest absolute Gasteiger partial charge is 0.347 e. The van der Waals surface area contributed by atoms with Gasteiger partial charge in [0.15, 0.2) is 5.65 Å². The van der Waals surface area contributed by atoms with Crippen molar-refractivity contribution < 1.29 is 18.0 Å². The van der Waals surface area contributed by atoms with Gasteiger partial charge in [-0.2, -0.15) is 13.2 Å². The van der Waals surface area contributed by atoms with Crippen LogP contribution in [0.3, 0.4) is 0 Å². The number of nitrogens with one attached hydrogen (secondary N) is 1. The number of aryl methyl sites for hydroxylation is 1. The Bertz CT molecular complexity index is 1230. The zero-order valence-corrected chi connectivity index (χ0v) is 15.8. The minimum Gasteiger partial charge on any atom is -0.347 e. The molecule has 0 radical (unpaired) electrons. The van der Waals surface area contributed by atoms with Crippen molar-refractivity contribution >= 4 is 28.8 Å². The molecule has 0 aliphatic carbocycles. The molecule has 0 bridgehead atoms. The highest BCUT2D eigenvalue weighted by atomic mass is 35.5. The maximum Gasteiger partial charge on any atom is 0.417 e. The first-order valence-electron chi connectivity index (χ1n) is 8.51. The van der Waals surface area contributed by atoms with Crippen LogP contribution >= 0.6 is 11.6 Å². The van der Waals surface area contributed by atoms with E-state index in [4.69, 9.17) is 11.6 Å². The Hall–Kier alpha value is -3.26. The molecular formula is C20H14ClF3N4O. The molecule has 0 spiro atoms. The Morgan fingerprint density at radius 3 is 2.62 bits per heavy atom. The average molecular weight is 419 g/mol. The molecule has 4 rings (SSSR count). The summed E-state index contributed by atoms with van der Waals surface area (Å²) in [6, 6.07) is 11.2. The number of fused-ring (bicyclic) bond motifs is 1. The number of rotatable bonds is 3. The van der Waals surface area contributed by atoms with Gasteiger partial charge in [-0.1, -0.05) is 23.7 Å². The molecule has 0 saturated carbocycles. The monoisotopic (exact) mass is 418 g/mol. The number of carbonyl (C=O) groups is 1. The fourth-order valence-corrected chi connectivity index (χ4v) is 3.26. The summed E-state index contributed by atoms with van der Waals surface area (Å²) in [7, 11) is 1.76. The van der Waals surface area contributed by atoms with Crippen LogP contribution in [0.4, 0.5) is 18.9 Å². The Kier molecular flexibility index (Phi) is 4.58. The number of hydrogen-bond donors (Lipinski definition) is 1. The standard InChI is InChI=1S/C20H14ClF3N4O/c1-27-7-3-6-17(27)19(29)25-14-5-2-4-12(8-14)16-11-28-10-13(20(22,23)24)9-15(21)18(28)26-16/h2-11H,1H3,(H,25,29). The Balaban J connectivity index is 1.68. The first-order chi connectivity index (χ1) is 13.7. The number of aromatic nitrogens is 3. The van der Waals surface area contributed by atoms with Gasteiger partial charge in [0.05, 0.1) is 16.3 Å². The van der Waals surface area contributed by atoms with E-state index in [0.717, 1.165) is 12.3 Å². The molecule has 29 heavy (non-hydrogen) atoms. The van der Waals surface area contributed by atoms with Crippen molar-refractivity contribution in [1.29, 1.82) is 0 Å². The van der Waals surface area contributed by atoms with Gasteiger partial charge in [0.1, 0.15) is 5.69 Å². The number of benzene rings is 1. The van der Waals surface area contributed by atoms with E-state index in [2.05, 4.69) is 10.3 Å². The predicted molar refractivity (Wildman–Crippen MR) is 104 cm³/mol. The second-order valence-electron chi connectivity index (χ2n) is 6.47. The van der Waals surface area contributed by atoms with Gasteiger partial charge in [-0.25, -0.2) is 4.98 Å². The summed E-state index contributed by atoms with van der Waals surface area (Å²) < 4.78 is 42.0. The number of pyridine rings is 1. The molecule has 0 unspecified atom stereocenters. The van der Waals surface area contributed by atoms with Crippen molar-refractivity contribution in [3.63, 3.8) is 0 Å². The van der Waals surface area contributed by atoms with Crippen molar-refractivity contribution in [1.82, 2.24) is 14.0 Å². The van der Waals surface area contributed by atoms with Gasteiger partial charge in [0.2, 0.25) is 0 Å². The molecule has 0 fully saturated rings. The van der Waals surface area contributed by atoms with E-state index in [1.54, 1.807) is 54.2 Å². The Morgan fingerprint density at radius 1 is 1.14 bits per heavy atom. The van der Waals surface area contributed by atoms with E-state index in [1.807, 2.05) is 0 Å². The quantitative estimate of drug-likeness (QED) is 0.493. The zero-order valence-electron chi connectivity index (χ0n) is 15.0. The molecule has 5 nitrogen and oxygen atoms in total. The number of imidazole rings is 1. The number of hydrogen-bond acceptors (Lipinski definition) is 2. The lowest BCUT2D eigenvalue weighted by atomic mass is 10.1. The van der Waals surface area contributed by atoms with Crippen LogP contribution in [0, 0.1) is 0 Å². The average Bonchev–Trinajstić information content (AvgIpc) is 3.27. The molecule has 1 amide bonds. The van der Waals surface area contributed by atoms with Gasteiger partial charge in [0.25, 0.3) is 5.91 Å². The molecular weight excluding hydrogens is 405 g/mol. The maximum absolute atomic E-state index is 13.0. The van der Waals surface area contributed by atoms with Crippen LogP contribution < -0.4 is 5.32 Å². The summed E-state index contributed by atoms with van der Waals surface area (Å²) in [4.78, 5) is 16.7. The number of anilines is 1. The second-order valence-corrected chi connectivity index (χ2v) is 6.88. The van der Waals surface area contributed by atoms with Gasteiger partial charge in [-0.3, -0.25) is 4.79 Å². The molecule has 3 aromatic heterocycles. The summed E-state index contributed by atoms with van der Waals surface area (Å²) in [6.45, 7) is 0. The first kappa shape index (κ1) is 19.1. The Morgan fingerprint density at radius 2 is 1.93 bits per heavy atom.